The Bertz CT molecular complexity index is 1130. The molecule has 0 aliphatic heterocycles. The lowest BCUT2D eigenvalue weighted by molar-refractivity contribution is -0.113. The van der Waals surface area contributed by atoms with Gasteiger partial charge in [0, 0.05) is 4.88 Å². The molecule has 2 aromatic heterocycles. The number of primary amides is 1. The number of aryl methyl sites for hydroxylation is 1. The van der Waals surface area contributed by atoms with Gasteiger partial charge in [-0.1, -0.05) is 23.9 Å². The topological polar surface area (TPSA) is 120 Å². The van der Waals surface area contributed by atoms with Crippen LogP contribution in [0.15, 0.2) is 33.9 Å². The van der Waals surface area contributed by atoms with Crippen LogP contribution in [0.25, 0.3) is 0 Å². The lowest BCUT2D eigenvalue weighted by Crippen LogP contribution is -2.18. The number of carbonyl (C=O) groups excluding carboxylic acids is 2. The third-order valence-electron chi connectivity index (χ3n) is 4.66. The van der Waals surface area contributed by atoms with E-state index >= 15 is 0 Å². The minimum absolute atomic E-state index is 0.00491. The number of carbonyl (C=O) groups is 2. The normalized spacial score (nSPS) is 13.6. The summed E-state index contributed by atoms with van der Waals surface area (Å²) < 4.78 is 24.7. The van der Waals surface area contributed by atoms with Gasteiger partial charge in [0.1, 0.15) is 5.00 Å². The molecule has 1 atom stereocenters. The van der Waals surface area contributed by atoms with E-state index in [0.29, 0.717) is 10.6 Å². The lowest BCUT2D eigenvalue weighted by Gasteiger charge is -2.11. The molecule has 1 aliphatic rings. The molecule has 3 N–H and O–H groups in total. The number of anilines is 1. The van der Waals surface area contributed by atoms with Gasteiger partial charge in [-0.15, -0.1) is 21.5 Å². The molecule has 0 radical (unpaired) electrons. The van der Waals surface area contributed by atoms with E-state index in [1.54, 1.807) is 19.1 Å². The van der Waals surface area contributed by atoms with Crippen LogP contribution in [-0.2, 0) is 17.6 Å². The molecule has 3 aromatic rings. The first-order valence-corrected chi connectivity index (χ1v) is 11.3. The highest BCUT2D eigenvalue weighted by molar-refractivity contribution is 7.99. The molecule has 4 rings (SSSR count). The molecule has 0 fully saturated rings. The average molecular weight is 463 g/mol. The highest BCUT2D eigenvalue weighted by Gasteiger charge is 2.26. The summed E-state index contributed by atoms with van der Waals surface area (Å²) in [6.45, 7) is 1.66. The van der Waals surface area contributed by atoms with Crippen molar-refractivity contribution in [2.75, 3.05) is 11.1 Å². The summed E-state index contributed by atoms with van der Waals surface area (Å²) in [6.07, 6.45) is 2.01. The molecule has 2 amide bonds. The van der Waals surface area contributed by atoms with Gasteiger partial charge in [0.25, 0.3) is 17.0 Å². The number of thiophene rings is 1. The number of benzene rings is 1. The number of thioether (sulfide) groups is 1. The van der Waals surface area contributed by atoms with Gasteiger partial charge in [0.15, 0.2) is 17.7 Å². The summed E-state index contributed by atoms with van der Waals surface area (Å²) in [4.78, 5) is 25.3. The zero-order valence-electron chi connectivity index (χ0n) is 16.5. The van der Waals surface area contributed by atoms with Gasteiger partial charge < -0.3 is 20.2 Å². The van der Waals surface area contributed by atoms with Crippen LogP contribution in [0.1, 0.15) is 46.1 Å². The summed E-state index contributed by atoms with van der Waals surface area (Å²) in [5.74, 6) is -1.09. The highest BCUT2D eigenvalue weighted by atomic mass is 32.2. The number of hydrogen-bond acceptors (Lipinski definition) is 8. The van der Waals surface area contributed by atoms with Gasteiger partial charge in [-0.3, -0.25) is 9.59 Å². The molecule has 1 aromatic carbocycles. The maximum absolute atomic E-state index is 13.7. The van der Waals surface area contributed by atoms with Crippen molar-refractivity contribution < 1.29 is 23.1 Å². The zero-order chi connectivity index (χ0) is 22.0. The summed E-state index contributed by atoms with van der Waals surface area (Å²) in [6, 6.07) is 6.02. The average Bonchev–Trinajstić information content (AvgIpc) is 3.43. The van der Waals surface area contributed by atoms with Gasteiger partial charge in [0.2, 0.25) is 5.91 Å². The minimum atomic E-state index is -0.667. The molecule has 162 valence electrons. The Morgan fingerprint density at radius 2 is 2.16 bits per heavy atom. The second kappa shape index (κ2) is 9.06. The number of fused-ring (bicyclic) bond motifs is 1. The summed E-state index contributed by atoms with van der Waals surface area (Å²) in [7, 11) is 0. The van der Waals surface area contributed by atoms with Crippen LogP contribution >= 0.6 is 23.1 Å². The number of hydrogen-bond donors (Lipinski definition) is 2. The molecular formula is C20H19FN4O4S2. The fourth-order valence-electron chi connectivity index (χ4n) is 3.27. The van der Waals surface area contributed by atoms with Crippen molar-refractivity contribution in [2.45, 2.75) is 37.5 Å². The number of para-hydroxylation sites is 1. The molecule has 11 heteroatoms. The van der Waals surface area contributed by atoms with Gasteiger partial charge in [-0.05, 0) is 43.9 Å². The third-order valence-corrected chi connectivity index (χ3v) is 6.68. The van der Waals surface area contributed by atoms with E-state index in [0.717, 1.165) is 41.5 Å². The first kappa shape index (κ1) is 21.3. The first-order chi connectivity index (χ1) is 14.9. The second-order valence-electron chi connectivity index (χ2n) is 6.86. The van der Waals surface area contributed by atoms with Crippen molar-refractivity contribution in [3.8, 4) is 5.75 Å². The number of aromatic nitrogens is 2. The van der Waals surface area contributed by atoms with Crippen molar-refractivity contribution in [1.29, 1.82) is 0 Å². The van der Waals surface area contributed by atoms with E-state index in [-0.39, 0.29) is 28.5 Å². The van der Waals surface area contributed by atoms with Crippen LogP contribution < -0.4 is 15.8 Å². The largest absolute Gasteiger partial charge is 0.478 e. The first-order valence-electron chi connectivity index (χ1n) is 9.54. The van der Waals surface area contributed by atoms with Crippen LogP contribution in [0.5, 0.6) is 5.75 Å². The van der Waals surface area contributed by atoms with E-state index in [4.69, 9.17) is 14.9 Å². The molecule has 0 saturated heterocycles. The molecule has 0 unspecified atom stereocenters. The Kier molecular flexibility index (Phi) is 6.23. The Labute approximate surface area is 185 Å². The molecular weight excluding hydrogens is 443 g/mol. The number of ether oxygens (including phenoxy) is 1. The molecule has 0 saturated carbocycles. The number of nitrogens with zero attached hydrogens (tertiary/aromatic N) is 2. The second-order valence-corrected chi connectivity index (χ2v) is 8.89. The predicted octanol–water partition coefficient (Wildman–Crippen LogP) is 3.73. The van der Waals surface area contributed by atoms with Crippen molar-refractivity contribution in [3.05, 3.63) is 52.0 Å². The lowest BCUT2D eigenvalue weighted by atomic mass is 10.1. The van der Waals surface area contributed by atoms with Gasteiger partial charge >= 0.3 is 0 Å². The summed E-state index contributed by atoms with van der Waals surface area (Å²) in [5, 5.41) is 11.2. The molecule has 1 aliphatic carbocycles. The number of nitrogens with one attached hydrogen (secondary N) is 1. The van der Waals surface area contributed by atoms with Gasteiger partial charge in [0.05, 0.1) is 11.3 Å². The fourth-order valence-corrected chi connectivity index (χ4v) is 5.15. The van der Waals surface area contributed by atoms with Crippen LogP contribution in [-0.4, -0.2) is 27.8 Å². The zero-order valence-corrected chi connectivity index (χ0v) is 18.1. The Balaban J connectivity index is 1.34. The molecule has 0 bridgehead atoms. The standard InChI is InChI=1S/C20H19FN4O4S2/c1-10(28-13-7-3-2-6-12(13)21)18-24-25-20(29-18)30-9-15(26)23-19-16(17(22)27)11-5-4-8-14(11)31-19/h2-3,6-7,10H,4-5,8-9H2,1H3,(H2,22,27)(H,23,26)/t10-/m1/s1. The Hall–Kier alpha value is -2.92. The van der Waals surface area contributed by atoms with E-state index < -0.39 is 17.8 Å². The van der Waals surface area contributed by atoms with Crippen LogP contribution in [0, 0.1) is 5.82 Å². The fraction of sp³-hybridized carbons (Fsp3) is 0.300. The number of nitrogens with two attached hydrogens (primary N) is 1. The SMILES string of the molecule is C[C@@H](Oc1ccccc1F)c1nnc(SCC(=O)Nc2sc3c(c2C(N)=O)CCC3)o1. The Morgan fingerprint density at radius 3 is 2.94 bits per heavy atom. The third kappa shape index (κ3) is 4.72. The van der Waals surface area contributed by atoms with Crippen molar-refractivity contribution in [3.63, 3.8) is 0 Å². The number of amides is 2. The van der Waals surface area contributed by atoms with Crippen molar-refractivity contribution in [2.24, 2.45) is 5.73 Å². The maximum Gasteiger partial charge on any atom is 0.277 e. The van der Waals surface area contributed by atoms with Gasteiger partial charge in [-0.2, -0.15) is 0 Å². The summed E-state index contributed by atoms with van der Waals surface area (Å²) in [5.41, 5.74) is 6.87. The molecule has 31 heavy (non-hydrogen) atoms. The van der Waals surface area contributed by atoms with E-state index in [2.05, 4.69) is 15.5 Å². The van der Waals surface area contributed by atoms with Crippen LogP contribution in [0.3, 0.4) is 0 Å². The van der Waals surface area contributed by atoms with E-state index in [9.17, 15) is 14.0 Å². The minimum Gasteiger partial charge on any atom is -0.478 e. The van der Waals surface area contributed by atoms with Crippen LogP contribution in [0.2, 0.25) is 0 Å². The van der Waals surface area contributed by atoms with Gasteiger partial charge in [-0.25, -0.2) is 4.39 Å². The maximum atomic E-state index is 13.7. The number of rotatable bonds is 8. The monoisotopic (exact) mass is 462 g/mol. The number of halogens is 1. The van der Waals surface area contributed by atoms with Crippen molar-refractivity contribution >= 4 is 39.9 Å². The molecule has 8 nitrogen and oxygen atoms in total. The molecule has 0 spiro atoms. The highest BCUT2D eigenvalue weighted by Crippen LogP contribution is 2.39. The summed E-state index contributed by atoms with van der Waals surface area (Å²) >= 11 is 2.44. The van der Waals surface area contributed by atoms with E-state index in [1.165, 1.54) is 23.5 Å². The van der Waals surface area contributed by atoms with E-state index in [1.807, 2.05) is 0 Å². The molecule has 2 heterocycles. The smallest absolute Gasteiger partial charge is 0.277 e. The Morgan fingerprint density at radius 1 is 1.35 bits per heavy atom. The quantitative estimate of drug-likeness (QED) is 0.489. The van der Waals surface area contributed by atoms with Crippen molar-refractivity contribution in [1.82, 2.24) is 10.2 Å². The van der Waals surface area contributed by atoms with Crippen LogP contribution in [0.4, 0.5) is 9.39 Å². The predicted molar refractivity (Wildman–Crippen MR) is 114 cm³/mol.